The molecule has 1 saturated carbocycles. The van der Waals surface area contributed by atoms with Crippen LogP contribution in [0.25, 0.3) is 0 Å². The van der Waals surface area contributed by atoms with E-state index in [1.165, 1.54) is 0 Å². The first-order chi connectivity index (χ1) is 13.5. The molecule has 0 aromatic heterocycles. The van der Waals surface area contributed by atoms with Gasteiger partial charge in [-0.3, -0.25) is 30.1 Å². The third-order valence-corrected chi connectivity index (χ3v) is 5.63. The lowest BCUT2D eigenvalue weighted by Gasteiger charge is -2.43. The van der Waals surface area contributed by atoms with E-state index in [-0.39, 0.29) is 17.2 Å². The van der Waals surface area contributed by atoms with E-state index >= 15 is 0 Å². The van der Waals surface area contributed by atoms with E-state index in [1.54, 1.807) is 25.1 Å². The fraction of sp³-hybridized carbons (Fsp3) is 0.524. The van der Waals surface area contributed by atoms with E-state index < -0.39 is 29.9 Å². The smallest absolute Gasteiger partial charge is 0.323 e. The van der Waals surface area contributed by atoms with Crippen LogP contribution in [0.1, 0.15) is 56.0 Å². The summed E-state index contributed by atoms with van der Waals surface area (Å²) >= 11 is 0. The zero-order chi connectivity index (χ0) is 21.4. The molecule has 156 valence electrons. The monoisotopic (exact) mass is 400 g/mol. The van der Waals surface area contributed by atoms with Crippen LogP contribution in [-0.4, -0.2) is 40.7 Å². The number of rotatable bonds is 3. The highest BCUT2D eigenvalue weighted by atomic mass is 16.2. The van der Waals surface area contributed by atoms with Crippen molar-refractivity contribution in [2.75, 3.05) is 6.54 Å². The minimum absolute atomic E-state index is 0.0829. The average Bonchev–Trinajstić information content (AvgIpc) is 2.81. The van der Waals surface area contributed by atoms with E-state index in [4.69, 9.17) is 0 Å². The highest BCUT2D eigenvalue weighted by Crippen LogP contribution is 2.46. The van der Waals surface area contributed by atoms with Gasteiger partial charge in [0.05, 0.1) is 0 Å². The number of nitrogens with one attached hydrogen (secondary N) is 3. The van der Waals surface area contributed by atoms with Crippen LogP contribution in [0.15, 0.2) is 24.3 Å². The summed E-state index contributed by atoms with van der Waals surface area (Å²) < 4.78 is 0. The molecule has 8 nitrogen and oxygen atoms in total. The number of urea groups is 1. The number of carbonyl (C=O) groups excluding carboxylic acids is 4. The summed E-state index contributed by atoms with van der Waals surface area (Å²) in [4.78, 5) is 50.9. The van der Waals surface area contributed by atoms with Crippen LogP contribution >= 0.6 is 0 Å². The predicted octanol–water partition coefficient (Wildman–Crippen LogP) is 1.89. The minimum Gasteiger partial charge on any atom is -0.323 e. The van der Waals surface area contributed by atoms with E-state index in [0.717, 1.165) is 16.9 Å². The lowest BCUT2D eigenvalue weighted by atomic mass is 9.64. The molecule has 8 heteroatoms. The highest BCUT2D eigenvalue weighted by molar-refractivity contribution is 6.09. The van der Waals surface area contributed by atoms with E-state index in [2.05, 4.69) is 36.9 Å². The zero-order valence-corrected chi connectivity index (χ0v) is 17.3. The summed E-state index contributed by atoms with van der Waals surface area (Å²) in [5, 5.41) is 2.83. The molecule has 0 bridgehead atoms. The quantitative estimate of drug-likeness (QED) is 0.532. The molecule has 1 aliphatic carbocycles. The normalized spacial score (nSPS) is 25.7. The standard InChI is InChI=1S/C21H28N4O4/c1-13-9-20(3,4)12-21(10-13)18(28)25(19(29)22-21)11-16(26)23-24-17(27)15-8-6-5-7-14(15)2/h5-8,13H,9-12H2,1-4H3,(H,22,29)(H,23,26)(H,24,27). The van der Waals surface area contributed by atoms with Gasteiger partial charge < -0.3 is 5.32 Å². The number of aryl methyl sites for hydroxylation is 1. The number of carbonyl (C=O) groups is 4. The molecule has 3 N–H and O–H groups in total. The Labute approximate surface area is 170 Å². The Morgan fingerprint density at radius 2 is 1.86 bits per heavy atom. The first-order valence-corrected chi connectivity index (χ1v) is 9.82. The van der Waals surface area contributed by atoms with Crippen LogP contribution in [0.2, 0.25) is 0 Å². The molecule has 1 aromatic carbocycles. The number of imide groups is 1. The maximum absolute atomic E-state index is 13.0. The largest absolute Gasteiger partial charge is 0.325 e. The number of hydrogen-bond donors (Lipinski definition) is 3. The zero-order valence-electron chi connectivity index (χ0n) is 17.3. The topological polar surface area (TPSA) is 108 Å². The second-order valence-electron chi connectivity index (χ2n) is 9.08. The van der Waals surface area contributed by atoms with E-state index in [9.17, 15) is 19.2 Å². The van der Waals surface area contributed by atoms with Crippen LogP contribution in [0.5, 0.6) is 0 Å². The summed E-state index contributed by atoms with van der Waals surface area (Å²) in [6.07, 6.45) is 2.07. The Kier molecular flexibility index (Phi) is 5.38. The van der Waals surface area contributed by atoms with Crippen molar-refractivity contribution < 1.29 is 19.2 Å². The molecule has 2 unspecified atom stereocenters. The van der Waals surface area contributed by atoms with Gasteiger partial charge in [-0.05, 0) is 49.1 Å². The van der Waals surface area contributed by atoms with Crippen molar-refractivity contribution >= 4 is 23.8 Å². The second kappa shape index (κ2) is 7.50. The Hall–Kier alpha value is -2.90. The maximum atomic E-state index is 13.0. The van der Waals surface area contributed by atoms with Gasteiger partial charge in [-0.15, -0.1) is 0 Å². The molecule has 2 atom stereocenters. The molecular weight excluding hydrogens is 372 g/mol. The van der Waals surface area contributed by atoms with Crippen LogP contribution in [0.3, 0.4) is 0 Å². The molecule has 5 amide bonds. The van der Waals surface area contributed by atoms with Gasteiger partial charge in [-0.2, -0.15) is 0 Å². The van der Waals surface area contributed by atoms with Crippen LogP contribution in [-0.2, 0) is 9.59 Å². The summed E-state index contributed by atoms with van der Waals surface area (Å²) in [5.74, 6) is -1.20. The third-order valence-electron chi connectivity index (χ3n) is 5.63. The van der Waals surface area contributed by atoms with Gasteiger partial charge in [0.1, 0.15) is 12.1 Å². The van der Waals surface area contributed by atoms with Crippen molar-refractivity contribution in [1.29, 1.82) is 0 Å². The number of hydrazine groups is 1. The van der Waals surface area contributed by atoms with Gasteiger partial charge in [-0.25, -0.2) is 4.79 Å². The van der Waals surface area contributed by atoms with Crippen molar-refractivity contribution in [1.82, 2.24) is 21.1 Å². The molecule has 1 aromatic rings. The second-order valence-corrected chi connectivity index (χ2v) is 9.08. The SMILES string of the molecule is Cc1ccccc1C(=O)NNC(=O)CN1C(=O)NC2(CC(C)CC(C)(C)C2)C1=O. The van der Waals surface area contributed by atoms with Crippen molar-refractivity contribution in [3.05, 3.63) is 35.4 Å². The number of hydrogen-bond acceptors (Lipinski definition) is 4. The van der Waals surface area contributed by atoms with Gasteiger partial charge in [0.2, 0.25) is 0 Å². The summed E-state index contributed by atoms with van der Waals surface area (Å²) in [5.41, 5.74) is 4.77. The molecule has 29 heavy (non-hydrogen) atoms. The van der Waals surface area contributed by atoms with Crippen LogP contribution in [0, 0.1) is 18.3 Å². The lowest BCUT2D eigenvalue weighted by molar-refractivity contribution is -0.137. The van der Waals surface area contributed by atoms with Crippen molar-refractivity contribution in [2.24, 2.45) is 11.3 Å². The molecule has 1 aliphatic heterocycles. The molecule has 2 aliphatic rings. The molecule has 1 spiro atoms. The van der Waals surface area contributed by atoms with Crippen molar-refractivity contribution in [3.8, 4) is 0 Å². The van der Waals surface area contributed by atoms with Crippen molar-refractivity contribution in [2.45, 2.75) is 52.5 Å². The number of amides is 5. The summed E-state index contributed by atoms with van der Waals surface area (Å²) in [6, 6.07) is 6.40. The van der Waals surface area contributed by atoms with Crippen LogP contribution < -0.4 is 16.2 Å². The van der Waals surface area contributed by atoms with Gasteiger partial charge in [0, 0.05) is 5.56 Å². The Bertz CT molecular complexity index is 866. The first kappa shape index (κ1) is 20.8. The fourth-order valence-corrected chi connectivity index (χ4v) is 4.85. The summed E-state index contributed by atoms with van der Waals surface area (Å²) in [7, 11) is 0. The van der Waals surface area contributed by atoms with Crippen LogP contribution in [0.4, 0.5) is 4.79 Å². The molecule has 1 saturated heterocycles. The number of benzene rings is 1. The predicted molar refractivity (Wildman–Crippen MR) is 107 cm³/mol. The lowest BCUT2D eigenvalue weighted by Crippen LogP contribution is -2.54. The van der Waals surface area contributed by atoms with Gasteiger partial charge >= 0.3 is 6.03 Å². The van der Waals surface area contributed by atoms with Crippen molar-refractivity contribution in [3.63, 3.8) is 0 Å². The Morgan fingerprint density at radius 3 is 2.52 bits per heavy atom. The third kappa shape index (κ3) is 4.26. The fourth-order valence-electron chi connectivity index (χ4n) is 4.85. The molecule has 2 fully saturated rings. The molecule has 0 radical (unpaired) electrons. The van der Waals surface area contributed by atoms with Gasteiger partial charge in [0.15, 0.2) is 0 Å². The van der Waals surface area contributed by atoms with E-state index in [1.807, 2.05) is 6.07 Å². The molecule has 3 rings (SSSR count). The van der Waals surface area contributed by atoms with Gasteiger partial charge in [0.25, 0.3) is 17.7 Å². The highest BCUT2D eigenvalue weighted by Gasteiger charge is 2.56. The van der Waals surface area contributed by atoms with E-state index in [0.29, 0.717) is 18.4 Å². The Balaban J connectivity index is 1.62. The first-order valence-electron chi connectivity index (χ1n) is 9.82. The Morgan fingerprint density at radius 1 is 1.17 bits per heavy atom. The average molecular weight is 400 g/mol. The minimum atomic E-state index is -0.955. The molecule has 1 heterocycles. The maximum Gasteiger partial charge on any atom is 0.325 e. The summed E-state index contributed by atoms with van der Waals surface area (Å²) in [6.45, 7) is 7.57. The molecular formula is C21H28N4O4. The number of nitrogens with zero attached hydrogens (tertiary/aromatic N) is 1. The van der Waals surface area contributed by atoms with Gasteiger partial charge in [-0.1, -0.05) is 39.0 Å².